The Labute approximate surface area is 72.9 Å². The van der Waals surface area contributed by atoms with E-state index >= 15 is 0 Å². The second kappa shape index (κ2) is 4.48. The van der Waals surface area contributed by atoms with Gasteiger partial charge in [0.15, 0.2) is 0 Å². The standard InChI is InChI=1S/C9H14OS/c1-5-7-8(11-6-2)9(3,4)10/h1,7,10H,6H2,2-4H3/b8-7-. The van der Waals surface area contributed by atoms with Gasteiger partial charge >= 0.3 is 0 Å². The van der Waals surface area contributed by atoms with Crippen LogP contribution >= 0.6 is 11.8 Å². The Hall–Kier alpha value is -0.390. The number of rotatable bonds is 3. The highest BCUT2D eigenvalue weighted by atomic mass is 32.2. The lowest BCUT2D eigenvalue weighted by Crippen LogP contribution is -2.20. The summed E-state index contributed by atoms with van der Waals surface area (Å²) in [6.07, 6.45) is 6.72. The summed E-state index contributed by atoms with van der Waals surface area (Å²) in [6, 6.07) is 0. The summed E-state index contributed by atoms with van der Waals surface area (Å²) in [5.41, 5.74) is -0.799. The highest BCUT2D eigenvalue weighted by molar-refractivity contribution is 8.03. The van der Waals surface area contributed by atoms with E-state index in [2.05, 4.69) is 5.92 Å². The van der Waals surface area contributed by atoms with Crippen LogP contribution in [0.15, 0.2) is 11.0 Å². The zero-order chi connectivity index (χ0) is 8.91. The van der Waals surface area contributed by atoms with Crippen molar-refractivity contribution in [2.24, 2.45) is 0 Å². The number of hydrogen-bond acceptors (Lipinski definition) is 2. The maximum Gasteiger partial charge on any atom is 0.0904 e. The molecule has 0 aliphatic rings. The van der Waals surface area contributed by atoms with Gasteiger partial charge in [0.1, 0.15) is 0 Å². The summed E-state index contributed by atoms with van der Waals surface area (Å²) in [6.45, 7) is 5.50. The van der Waals surface area contributed by atoms with Crippen molar-refractivity contribution in [2.75, 3.05) is 5.75 Å². The van der Waals surface area contributed by atoms with Crippen molar-refractivity contribution in [3.63, 3.8) is 0 Å². The van der Waals surface area contributed by atoms with Crippen LogP contribution in [0.4, 0.5) is 0 Å². The molecular formula is C9H14OS. The average molecular weight is 170 g/mol. The predicted octanol–water partition coefficient (Wildman–Crippen LogP) is 2.03. The lowest BCUT2D eigenvalue weighted by molar-refractivity contribution is 0.129. The summed E-state index contributed by atoms with van der Waals surface area (Å²) in [5.74, 6) is 3.34. The minimum atomic E-state index is -0.799. The molecule has 0 aliphatic carbocycles. The molecule has 11 heavy (non-hydrogen) atoms. The summed E-state index contributed by atoms with van der Waals surface area (Å²) in [7, 11) is 0. The second-order valence-corrected chi connectivity index (χ2v) is 3.97. The van der Waals surface area contributed by atoms with Gasteiger partial charge < -0.3 is 5.11 Å². The maximum atomic E-state index is 9.55. The average Bonchev–Trinajstić information content (AvgIpc) is 1.85. The Morgan fingerprint density at radius 1 is 1.73 bits per heavy atom. The molecule has 0 aliphatic heterocycles. The van der Waals surface area contributed by atoms with Gasteiger partial charge in [0.05, 0.1) is 5.60 Å². The van der Waals surface area contributed by atoms with Gasteiger partial charge in [-0.3, -0.25) is 0 Å². The van der Waals surface area contributed by atoms with Crippen LogP contribution in [0.25, 0.3) is 0 Å². The normalized spacial score (nSPS) is 12.8. The third-order valence-corrected chi connectivity index (χ3v) is 2.33. The Morgan fingerprint density at radius 3 is 2.55 bits per heavy atom. The fourth-order valence-corrected chi connectivity index (χ4v) is 1.44. The third kappa shape index (κ3) is 4.13. The predicted molar refractivity (Wildman–Crippen MR) is 51.3 cm³/mol. The molecule has 0 unspecified atom stereocenters. The van der Waals surface area contributed by atoms with Gasteiger partial charge in [-0.2, -0.15) is 0 Å². The van der Waals surface area contributed by atoms with E-state index in [1.54, 1.807) is 31.7 Å². The van der Waals surface area contributed by atoms with Crippen LogP contribution in [-0.2, 0) is 0 Å². The smallest absolute Gasteiger partial charge is 0.0904 e. The van der Waals surface area contributed by atoms with Crippen LogP contribution in [-0.4, -0.2) is 16.5 Å². The third-order valence-electron chi connectivity index (χ3n) is 1.12. The van der Waals surface area contributed by atoms with Gasteiger partial charge in [0, 0.05) is 11.0 Å². The second-order valence-electron chi connectivity index (χ2n) is 2.67. The monoisotopic (exact) mass is 170 g/mol. The van der Waals surface area contributed by atoms with Crippen molar-refractivity contribution in [1.82, 2.24) is 0 Å². The van der Waals surface area contributed by atoms with Crippen LogP contribution < -0.4 is 0 Å². The molecule has 0 bridgehead atoms. The van der Waals surface area contributed by atoms with Crippen molar-refractivity contribution >= 4 is 11.8 Å². The van der Waals surface area contributed by atoms with E-state index in [0.29, 0.717) is 0 Å². The Morgan fingerprint density at radius 2 is 2.27 bits per heavy atom. The number of terminal acetylenes is 1. The Kier molecular flexibility index (Phi) is 4.32. The molecule has 0 spiro atoms. The van der Waals surface area contributed by atoms with Gasteiger partial charge in [-0.1, -0.05) is 12.8 Å². The SMILES string of the molecule is C#C/C=C(\SCC)C(C)(C)O. The first-order chi connectivity index (χ1) is 5.02. The van der Waals surface area contributed by atoms with E-state index in [9.17, 15) is 5.11 Å². The lowest BCUT2D eigenvalue weighted by Gasteiger charge is -2.19. The van der Waals surface area contributed by atoms with Crippen LogP contribution in [0.3, 0.4) is 0 Å². The molecule has 1 N–H and O–H groups in total. The highest BCUT2D eigenvalue weighted by Gasteiger charge is 2.18. The van der Waals surface area contributed by atoms with Gasteiger partial charge in [-0.25, -0.2) is 0 Å². The molecule has 0 aromatic carbocycles. The highest BCUT2D eigenvalue weighted by Crippen LogP contribution is 2.26. The van der Waals surface area contributed by atoms with Crippen molar-refractivity contribution in [1.29, 1.82) is 0 Å². The first kappa shape index (κ1) is 10.6. The number of allylic oxidation sites excluding steroid dienone is 1. The van der Waals surface area contributed by atoms with Crippen molar-refractivity contribution in [2.45, 2.75) is 26.4 Å². The molecule has 0 saturated carbocycles. The van der Waals surface area contributed by atoms with E-state index in [-0.39, 0.29) is 0 Å². The molecule has 0 atom stereocenters. The summed E-state index contributed by atoms with van der Waals surface area (Å²) in [4.78, 5) is 0.850. The molecule has 0 radical (unpaired) electrons. The van der Waals surface area contributed by atoms with Crippen LogP contribution in [0.5, 0.6) is 0 Å². The van der Waals surface area contributed by atoms with E-state index in [4.69, 9.17) is 6.42 Å². The van der Waals surface area contributed by atoms with Gasteiger partial charge in [0.25, 0.3) is 0 Å². The molecule has 62 valence electrons. The molecular weight excluding hydrogens is 156 g/mol. The Balaban J connectivity index is 4.38. The topological polar surface area (TPSA) is 20.2 Å². The maximum absolute atomic E-state index is 9.55. The zero-order valence-electron chi connectivity index (χ0n) is 7.22. The van der Waals surface area contributed by atoms with Crippen molar-refractivity contribution in [3.8, 4) is 12.3 Å². The van der Waals surface area contributed by atoms with E-state index < -0.39 is 5.60 Å². The molecule has 0 saturated heterocycles. The zero-order valence-corrected chi connectivity index (χ0v) is 8.03. The molecule has 0 heterocycles. The van der Waals surface area contributed by atoms with Crippen LogP contribution in [0.1, 0.15) is 20.8 Å². The first-order valence-corrected chi connectivity index (χ1v) is 4.53. The summed E-state index contributed by atoms with van der Waals surface area (Å²) < 4.78 is 0. The molecule has 0 fully saturated rings. The molecule has 0 rings (SSSR count). The number of thioether (sulfide) groups is 1. The Bertz CT molecular complexity index is 181. The first-order valence-electron chi connectivity index (χ1n) is 3.54. The van der Waals surface area contributed by atoms with Crippen molar-refractivity contribution in [3.05, 3.63) is 11.0 Å². The van der Waals surface area contributed by atoms with E-state index in [1.165, 1.54) is 0 Å². The number of hydrogen-bond donors (Lipinski definition) is 1. The van der Waals surface area contributed by atoms with E-state index in [1.807, 2.05) is 6.92 Å². The molecule has 2 heteroatoms. The van der Waals surface area contributed by atoms with E-state index in [0.717, 1.165) is 10.7 Å². The molecule has 0 aromatic heterocycles. The summed E-state index contributed by atoms with van der Waals surface area (Å²) in [5, 5.41) is 9.55. The minimum absolute atomic E-state index is 0.799. The largest absolute Gasteiger partial charge is 0.385 e. The summed E-state index contributed by atoms with van der Waals surface area (Å²) >= 11 is 1.58. The molecule has 0 aromatic rings. The van der Waals surface area contributed by atoms with Gasteiger partial charge in [-0.15, -0.1) is 18.2 Å². The molecule has 1 nitrogen and oxygen atoms in total. The quantitative estimate of drug-likeness (QED) is 0.654. The van der Waals surface area contributed by atoms with Gasteiger partial charge in [-0.05, 0) is 19.6 Å². The van der Waals surface area contributed by atoms with Crippen LogP contribution in [0, 0.1) is 12.3 Å². The fourth-order valence-electron chi connectivity index (χ4n) is 0.626. The fraction of sp³-hybridized carbons (Fsp3) is 0.556. The van der Waals surface area contributed by atoms with Crippen molar-refractivity contribution < 1.29 is 5.11 Å². The molecule has 0 amide bonds. The van der Waals surface area contributed by atoms with Gasteiger partial charge in [0.2, 0.25) is 0 Å². The minimum Gasteiger partial charge on any atom is -0.385 e. The lowest BCUT2D eigenvalue weighted by atomic mass is 10.1. The number of aliphatic hydroxyl groups is 1. The van der Waals surface area contributed by atoms with Crippen LogP contribution in [0.2, 0.25) is 0 Å².